The van der Waals surface area contributed by atoms with Gasteiger partial charge in [0.05, 0.1) is 5.01 Å². The third-order valence-electron chi connectivity index (χ3n) is 2.68. The minimum absolute atomic E-state index is 0.480. The lowest BCUT2D eigenvalue weighted by Gasteiger charge is -1.97. The summed E-state index contributed by atoms with van der Waals surface area (Å²) in [6, 6.07) is 10.4. The number of thiazole rings is 1. The molecule has 2 aromatic heterocycles. The number of hydrogen-bond acceptors (Lipinski definition) is 6. The Morgan fingerprint density at radius 3 is 2.63 bits per heavy atom. The zero-order chi connectivity index (χ0) is 13.1. The lowest BCUT2D eigenvalue weighted by Crippen LogP contribution is -1.90. The van der Waals surface area contributed by atoms with E-state index in [1.54, 1.807) is 11.3 Å². The van der Waals surface area contributed by atoms with Crippen LogP contribution in [0.2, 0.25) is 0 Å². The van der Waals surface area contributed by atoms with E-state index < -0.39 is 0 Å². The standard InChI is InChI=1S/C13H12N4S2/c14-13-17-16-12(19-13)10-8-18-11(15-10)7-6-9-4-2-1-3-5-9/h1-5,8H,6-7H2,(H2,14,17). The molecule has 0 amide bonds. The molecule has 0 unspecified atom stereocenters. The van der Waals surface area contributed by atoms with Crippen LogP contribution in [0.4, 0.5) is 5.13 Å². The summed E-state index contributed by atoms with van der Waals surface area (Å²) >= 11 is 3.03. The summed E-state index contributed by atoms with van der Waals surface area (Å²) in [5.74, 6) is 0. The molecule has 6 heteroatoms. The number of nitrogen functional groups attached to an aromatic ring is 1. The monoisotopic (exact) mass is 288 g/mol. The predicted molar refractivity (Wildman–Crippen MR) is 79.3 cm³/mol. The van der Waals surface area contributed by atoms with Gasteiger partial charge in [-0.3, -0.25) is 0 Å². The van der Waals surface area contributed by atoms with Crippen LogP contribution in [-0.2, 0) is 12.8 Å². The molecule has 0 atom stereocenters. The number of aryl methyl sites for hydroxylation is 2. The summed E-state index contributed by atoms with van der Waals surface area (Å²) < 4.78 is 0. The quantitative estimate of drug-likeness (QED) is 0.801. The third kappa shape index (κ3) is 2.97. The van der Waals surface area contributed by atoms with Gasteiger partial charge in [-0.1, -0.05) is 41.7 Å². The minimum Gasteiger partial charge on any atom is -0.374 e. The molecule has 4 nitrogen and oxygen atoms in total. The maximum absolute atomic E-state index is 5.58. The Morgan fingerprint density at radius 1 is 1.05 bits per heavy atom. The van der Waals surface area contributed by atoms with Crippen molar-refractivity contribution in [3.63, 3.8) is 0 Å². The highest BCUT2D eigenvalue weighted by atomic mass is 32.1. The van der Waals surface area contributed by atoms with Crippen LogP contribution in [0.25, 0.3) is 10.7 Å². The number of rotatable bonds is 4. The summed E-state index contributed by atoms with van der Waals surface area (Å²) in [6.07, 6.45) is 1.95. The Bertz CT molecular complexity index is 660. The fraction of sp³-hybridized carbons (Fsp3) is 0.154. The summed E-state index contributed by atoms with van der Waals surface area (Å²) in [5, 5.41) is 12.2. The highest BCUT2D eigenvalue weighted by molar-refractivity contribution is 7.18. The summed E-state index contributed by atoms with van der Waals surface area (Å²) in [7, 11) is 0. The Hall–Kier alpha value is -1.79. The molecule has 0 aliphatic carbocycles. The van der Waals surface area contributed by atoms with Gasteiger partial charge in [0.2, 0.25) is 5.13 Å². The van der Waals surface area contributed by atoms with Crippen molar-refractivity contribution in [2.24, 2.45) is 0 Å². The van der Waals surface area contributed by atoms with Gasteiger partial charge in [-0.25, -0.2) is 4.98 Å². The molecule has 0 spiro atoms. The molecular formula is C13H12N4S2. The molecule has 96 valence electrons. The van der Waals surface area contributed by atoms with E-state index >= 15 is 0 Å². The van der Waals surface area contributed by atoms with Crippen LogP contribution in [0.3, 0.4) is 0 Å². The summed E-state index contributed by atoms with van der Waals surface area (Å²) in [6.45, 7) is 0. The van der Waals surface area contributed by atoms with Gasteiger partial charge >= 0.3 is 0 Å². The Morgan fingerprint density at radius 2 is 1.89 bits per heavy atom. The van der Waals surface area contributed by atoms with E-state index in [0.29, 0.717) is 5.13 Å². The van der Waals surface area contributed by atoms with Crippen molar-refractivity contribution in [1.82, 2.24) is 15.2 Å². The number of benzene rings is 1. The van der Waals surface area contributed by atoms with Crippen molar-refractivity contribution in [1.29, 1.82) is 0 Å². The fourth-order valence-electron chi connectivity index (χ4n) is 1.76. The van der Waals surface area contributed by atoms with Gasteiger partial charge in [0.1, 0.15) is 5.69 Å². The molecule has 0 bridgehead atoms. The Balaban J connectivity index is 1.68. The molecule has 0 aliphatic rings. The average molecular weight is 288 g/mol. The first-order valence-corrected chi connectivity index (χ1v) is 7.58. The lowest BCUT2D eigenvalue weighted by molar-refractivity contribution is 0.944. The molecule has 0 saturated carbocycles. The van der Waals surface area contributed by atoms with Crippen molar-refractivity contribution >= 4 is 27.8 Å². The van der Waals surface area contributed by atoms with Crippen molar-refractivity contribution < 1.29 is 0 Å². The molecule has 0 fully saturated rings. The Kier molecular flexibility index (Phi) is 3.52. The fourth-order valence-corrected chi connectivity index (χ4v) is 3.19. The smallest absolute Gasteiger partial charge is 0.203 e. The van der Waals surface area contributed by atoms with E-state index in [4.69, 9.17) is 5.73 Å². The van der Waals surface area contributed by atoms with Crippen LogP contribution in [0, 0.1) is 0 Å². The van der Waals surface area contributed by atoms with E-state index in [0.717, 1.165) is 28.6 Å². The largest absolute Gasteiger partial charge is 0.374 e. The van der Waals surface area contributed by atoms with E-state index in [9.17, 15) is 0 Å². The number of anilines is 1. The van der Waals surface area contributed by atoms with Gasteiger partial charge in [-0.15, -0.1) is 21.5 Å². The van der Waals surface area contributed by atoms with E-state index in [-0.39, 0.29) is 0 Å². The molecule has 19 heavy (non-hydrogen) atoms. The van der Waals surface area contributed by atoms with Crippen molar-refractivity contribution in [2.75, 3.05) is 5.73 Å². The van der Waals surface area contributed by atoms with Crippen LogP contribution < -0.4 is 5.73 Å². The average Bonchev–Trinajstić information content (AvgIpc) is 3.06. The number of nitrogens with two attached hydrogens (primary N) is 1. The highest BCUT2D eigenvalue weighted by Crippen LogP contribution is 2.26. The van der Waals surface area contributed by atoms with Crippen LogP contribution in [0.15, 0.2) is 35.7 Å². The first-order valence-electron chi connectivity index (χ1n) is 5.89. The topological polar surface area (TPSA) is 64.7 Å². The van der Waals surface area contributed by atoms with Crippen LogP contribution in [-0.4, -0.2) is 15.2 Å². The number of nitrogens with zero attached hydrogens (tertiary/aromatic N) is 3. The predicted octanol–water partition coefficient (Wildman–Crippen LogP) is 3.03. The molecular weight excluding hydrogens is 276 g/mol. The molecule has 0 saturated heterocycles. The molecule has 3 aromatic rings. The van der Waals surface area contributed by atoms with Crippen LogP contribution in [0.1, 0.15) is 10.6 Å². The van der Waals surface area contributed by atoms with Crippen molar-refractivity contribution in [2.45, 2.75) is 12.8 Å². The van der Waals surface area contributed by atoms with Crippen molar-refractivity contribution in [3.8, 4) is 10.7 Å². The lowest BCUT2D eigenvalue weighted by atomic mass is 10.1. The SMILES string of the molecule is Nc1nnc(-c2csc(CCc3ccccc3)n2)s1. The van der Waals surface area contributed by atoms with Gasteiger partial charge < -0.3 is 5.73 Å². The van der Waals surface area contributed by atoms with Gasteiger partial charge in [-0.2, -0.15) is 0 Å². The van der Waals surface area contributed by atoms with Gasteiger partial charge in [0, 0.05) is 11.8 Å². The normalized spacial score (nSPS) is 10.7. The summed E-state index contributed by atoms with van der Waals surface area (Å²) in [5.41, 5.74) is 7.79. The Labute approximate surface area is 119 Å². The highest BCUT2D eigenvalue weighted by Gasteiger charge is 2.09. The van der Waals surface area contributed by atoms with E-state index in [1.807, 2.05) is 11.4 Å². The zero-order valence-corrected chi connectivity index (χ0v) is 11.7. The number of hydrogen-bond donors (Lipinski definition) is 1. The van der Waals surface area contributed by atoms with E-state index in [2.05, 4.69) is 39.4 Å². The first-order chi connectivity index (χ1) is 9.31. The van der Waals surface area contributed by atoms with Gasteiger partial charge in [0.15, 0.2) is 5.01 Å². The van der Waals surface area contributed by atoms with Gasteiger partial charge in [0.25, 0.3) is 0 Å². The van der Waals surface area contributed by atoms with Crippen LogP contribution >= 0.6 is 22.7 Å². The molecule has 0 radical (unpaired) electrons. The van der Waals surface area contributed by atoms with Crippen LogP contribution in [0.5, 0.6) is 0 Å². The molecule has 3 rings (SSSR count). The molecule has 0 aliphatic heterocycles. The zero-order valence-electron chi connectivity index (χ0n) is 10.1. The summed E-state index contributed by atoms with van der Waals surface area (Å²) in [4.78, 5) is 4.58. The molecule has 1 aromatic carbocycles. The second kappa shape index (κ2) is 5.46. The first kappa shape index (κ1) is 12.3. The minimum atomic E-state index is 0.480. The molecule has 2 N–H and O–H groups in total. The van der Waals surface area contributed by atoms with Gasteiger partial charge in [-0.05, 0) is 12.0 Å². The second-order valence-electron chi connectivity index (χ2n) is 4.06. The molecule has 2 heterocycles. The second-order valence-corrected chi connectivity index (χ2v) is 6.01. The maximum Gasteiger partial charge on any atom is 0.203 e. The number of aromatic nitrogens is 3. The maximum atomic E-state index is 5.58. The van der Waals surface area contributed by atoms with Crippen molar-refractivity contribution in [3.05, 3.63) is 46.3 Å². The third-order valence-corrected chi connectivity index (χ3v) is 4.37. The van der Waals surface area contributed by atoms with E-state index in [1.165, 1.54) is 16.9 Å².